The van der Waals surface area contributed by atoms with Gasteiger partial charge in [-0.15, -0.1) is 0 Å². The van der Waals surface area contributed by atoms with Crippen LogP contribution in [-0.2, 0) is 15.2 Å². The summed E-state index contributed by atoms with van der Waals surface area (Å²) in [5.41, 5.74) is -0.980. The van der Waals surface area contributed by atoms with Crippen LogP contribution in [0.15, 0.2) is 28.7 Å². The summed E-state index contributed by atoms with van der Waals surface area (Å²) in [6.07, 6.45) is -0.161. The number of hydroxylamine groups is 2. The number of amides is 1. The molecule has 1 aliphatic heterocycles. The Kier molecular flexibility index (Phi) is 4.60. The Hall–Kier alpha value is -1.11. The molecule has 1 aromatic carbocycles. The lowest BCUT2D eigenvalue weighted by molar-refractivity contribution is -0.219. The van der Waals surface area contributed by atoms with E-state index in [1.807, 2.05) is 24.3 Å². The van der Waals surface area contributed by atoms with Gasteiger partial charge in [-0.2, -0.15) is 5.06 Å². The van der Waals surface area contributed by atoms with Crippen LogP contribution in [0, 0.1) is 0 Å². The average molecular weight is 358 g/mol. The lowest BCUT2D eigenvalue weighted by Gasteiger charge is -2.38. The lowest BCUT2D eigenvalue weighted by atomic mass is 9.90. The molecule has 0 spiro atoms. The largest absolute Gasteiger partial charge is 0.442 e. The number of β-amino-alcohol motifs (C(OH)–C–C–N with tert-alkyl or cyclic N) is 1. The number of ether oxygens (including phenoxy) is 1. The first-order valence-corrected chi connectivity index (χ1v) is 7.61. The number of rotatable bonds is 1. The van der Waals surface area contributed by atoms with Crippen molar-refractivity contribution in [2.24, 2.45) is 0 Å². The average Bonchev–Trinajstić information content (AvgIpc) is 2.37. The third-order valence-corrected chi connectivity index (χ3v) is 3.68. The second kappa shape index (κ2) is 5.94. The quantitative estimate of drug-likeness (QED) is 0.838. The van der Waals surface area contributed by atoms with Crippen LogP contribution < -0.4 is 0 Å². The number of hydrogen-bond donors (Lipinski definition) is 1. The van der Waals surface area contributed by atoms with Crippen LogP contribution in [0.2, 0.25) is 0 Å². The summed E-state index contributed by atoms with van der Waals surface area (Å²) < 4.78 is 6.20. The topological polar surface area (TPSA) is 59.0 Å². The standard InChI is InChI=1S/C15H20BrNO4/c1-14(2,3)21-13(18)17-10-15(19,8-9-20-17)11-4-6-12(16)7-5-11/h4-7,19H,8-10H2,1-3H3. The minimum absolute atomic E-state index is 0.0452. The molecule has 1 saturated heterocycles. The minimum atomic E-state index is -1.13. The van der Waals surface area contributed by atoms with Gasteiger partial charge in [0.15, 0.2) is 0 Å². The van der Waals surface area contributed by atoms with Crippen LogP contribution in [0.5, 0.6) is 0 Å². The second-order valence-corrected chi connectivity index (χ2v) is 7.05. The fourth-order valence-corrected chi connectivity index (χ4v) is 2.38. The summed E-state index contributed by atoms with van der Waals surface area (Å²) in [4.78, 5) is 17.4. The molecule has 1 amide bonds. The van der Waals surface area contributed by atoms with Gasteiger partial charge in [0.1, 0.15) is 11.2 Å². The van der Waals surface area contributed by atoms with Gasteiger partial charge >= 0.3 is 6.09 Å². The van der Waals surface area contributed by atoms with Crippen molar-refractivity contribution >= 4 is 22.0 Å². The van der Waals surface area contributed by atoms with Gasteiger partial charge in [0.25, 0.3) is 0 Å². The molecule has 21 heavy (non-hydrogen) atoms. The third kappa shape index (κ3) is 4.18. The molecule has 2 rings (SSSR count). The first kappa shape index (κ1) is 16.3. The van der Waals surface area contributed by atoms with Gasteiger partial charge in [-0.25, -0.2) is 4.79 Å². The van der Waals surface area contributed by atoms with Crippen molar-refractivity contribution in [3.8, 4) is 0 Å². The van der Waals surface area contributed by atoms with E-state index in [1.54, 1.807) is 20.8 Å². The van der Waals surface area contributed by atoms with Crippen LogP contribution in [-0.4, -0.2) is 35.0 Å². The van der Waals surface area contributed by atoms with E-state index in [0.29, 0.717) is 6.42 Å². The number of halogens is 1. The van der Waals surface area contributed by atoms with E-state index in [-0.39, 0.29) is 13.2 Å². The molecule has 1 atom stereocenters. The van der Waals surface area contributed by atoms with E-state index in [0.717, 1.165) is 15.1 Å². The molecule has 0 radical (unpaired) electrons. The zero-order valence-corrected chi connectivity index (χ0v) is 14.0. The van der Waals surface area contributed by atoms with E-state index in [4.69, 9.17) is 9.57 Å². The Balaban J connectivity index is 2.12. The van der Waals surface area contributed by atoms with E-state index in [1.165, 1.54) is 0 Å². The Bertz CT molecular complexity index is 511. The van der Waals surface area contributed by atoms with Gasteiger partial charge in [-0.05, 0) is 38.5 Å². The minimum Gasteiger partial charge on any atom is -0.442 e. The van der Waals surface area contributed by atoms with Crippen LogP contribution in [0.3, 0.4) is 0 Å². The maximum atomic E-state index is 12.0. The van der Waals surface area contributed by atoms with Crippen LogP contribution in [0.25, 0.3) is 0 Å². The first-order chi connectivity index (χ1) is 9.70. The van der Waals surface area contributed by atoms with Crippen LogP contribution in [0.1, 0.15) is 32.8 Å². The number of carbonyl (C=O) groups excluding carboxylic acids is 1. The van der Waals surface area contributed by atoms with E-state index >= 15 is 0 Å². The van der Waals surface area contributed by atoms with Crippen molar-refractivity contribution < 1.29 is 19.5 Å². The highest BCUT2D eigenvalue weighted by Gasteiger charge is 2.39. The molecule has 1 heterocycles. The Morgan fingerprint density at radius 3 is 2.57 bits per heavy atom. The molecule has 0 bridgehead atoms. The summed E-state index contributed by atoms with van der Waals surface area (Å²) >= 11 is 3.36. The molecule has 5 nitrogen and oxygen atoms in total. The van der Waals surface area contributed by atoms with E-state index in [2.05, 4.69) is 15.9 Å². The predicted molar refractivity (Wildman–Crippen MR) is 81.5 cm³/mol. The summed E-state index contributed by atoms with van der Waals surface area (Å²) in [6, 6.07) is 7.40. The highest BCUT2D eigenvalue weighted by atomic mass is 79.9. The molecule has 6 heteroatoms. The zero-order chi connectivity index (χ0) is 15.7. The molecular weight excluding hydrogens is 338 g/mol. The maximum absolute atomic E-state index is 12.0. The van der Waals surface area contributed by atoms with Crippen molar-refractivity contribution in [2.75, 3.05) is 13.2 Å². The molecule has 116 valence electrons. The highest BCUT2D eigenvalue weighted by Crippen LogP contribution is 2.31. The first-order valence-electron chi connectivity index (χ1n) is 6.81. The molecule has 1 aromatic rings. The summed E-state index contributed by atoms with van der Waals surface area (Å²) in [5.74, 6) is 0. The number of nitrogens with zero attached hydrogens (tertiary/aromatic N) is 1. The van der Waals surface area contributed by atoms with Crippen molar-refractivity contribution in [1.82, 2.24) is 5.06 Å². The smallest absolute Gasteiger partial charge is 0.434 e. The van der Waals surface area contributed by atoms with Crippen molar-refractivity contribution in [3.63, 3.8) is 0 Å². The van der Waals surface area contributed by atoms with Gasteiger partial charge in [0.05, 0.1) is 13.2 Å². The van der Waals surface area contributed by atoms with Crippen LogP contribution in [0.4, 0.5) is 4.79 Å². The molecule has 1 fully saturated rings. The maximum Gasteiger partial charge on any atom is 0.434 e. The van der Waals surface area contributed by atoms with Gasteiger partial charge < -0.3 is 9.84 Å². The van der Waals surface area contributed by atoms with Crippen molar-refractivity contribution in [3.05, 3.63) is 34.3 Å². The number of aliphatic hydroxyl groups is 1. The molecule has 1 unspecified atom stereocenters. The third-order valence-electron chi connectivity index (χ3n) is 3.15. The molecule has 0 saturated carbocycles. The van der Waals surface area contributed by atoms with Gasteiger partial charge in [-0.1, -0.05) is 28.1 Å². The second-order valence-electron chi connectivity index (χ2n) is 6.14. The fourth-order valence-electron chi connectivity index (χ4n) is 2.11. The number of hydrogen-bond acceptors (Lipinski definition) is 4. The predicted octanol–water partition coefficient (Wildman–Crippen LogP) is 3.21. The van der Waals surface area contributed by atoms with E-state index in [9.17, 15) is 9.90 Å². The summed E-state index contributed by atoms with van der Waals surface area (Å²) in [5, 5.41) is 11.9. The summed E-state index contributed by atoms with van der Waals surface area (Å²) in [7, 11) is 0. The van der Waals surface area contributed by atoms with Gasteiger partial charge in [0.2, 0.25) is 0 Å². The van der Waals surface area contributed by atoms with Gasteiger partial charge in [0, 0.05) is 10.9 Å². The molecular formula is C15H20BrNO4. The van der Waals surface area contributed by atoms with Gasteiger partial charge in [-0.3, -0.25) is 4.84 Å². The Morgan fingerprint density at radius 2 is 2.00 bits per heavy atom. The number of carbonyl (C=O) groups is 1. The normalized spacial score (nSPS) is 23.0. The molecule has 0 aliphatic carbocycles. The lowest BCUT2D eigenvalue weighted by Crippen LogP contribution is -2.50. The van der Waals surface area contributed by atoms with Crippen LogP contribution >= 0.6 is 15.9 Å². The van der Waals surface area contributed by atoms with Crippen molar-refractivity contribution in [1.29, 1.82) is 0 Å². The summed E-state index contributed by atoms with van der Waals surface area (Å²) in [6.45, 7) is 5.66. The highest BCUT2D eigenvalue weighted by molar-refractivity contribution is 9.10. The fraction of sp³-hybridized carbons (Fsp3) is 0.533. The van der Waals surface area contributed by atoms with Crippen molar-refractivity contribution in [2.45, 2.75) is 38.4 Å². The molecule has 1 aliphatic rings. The Labute approximate surface area is 132 Å². The molecule has 1 N–H and O–H groups in total. The molecule has 0 aromatic heterocycles. The SMILES string of the molecule is CC(C)(C)OC(=O)N1CC(O)(c2ccc(Br)cc2)CCO1. The zero-order valence-electron chi connectivity index (χ0n) is 12.4. The Morgan fingerprint density at radius 1 is 1.38 bits per heavy atom. The monoisotopic (exact) mass is 357 g/mol. The number of benzene rings is 1. The van der Waals surface area contributed by atoms with E-state index < -0.39 is 17.3 Å².